The maximum absolute atomic E-state index is 11.8. The predicted molar refractivity (Wildman–Crippen MR) is 75.4 cm³/mol. The number of carbonyl (C=O) groups excluding carboxylic acids is 1. The first-order chi connectivity index (χ1) is 8.24. The summed E-state index contributed by atoms with van der Waals surface area (Å²) in [4.78, 5) is 14.1. The van der Waals surface area contributed by atoms with Crippen LogP contribution in [0.15, 0.2) is 0 Å². The fraction of sp³-hybridized carbons (Fsp3) is 0.929. The highest BCUT2D eigenvalue weighted by atomic mass is 16.5. The van der Waals surface area contributed by atoms with E-state index in [4.69, 9.17) is 10.5 Å². The third kappa shape index (κ3) is 5.83. The third-order valence-corrected chi connectivity index (χ3v) is 3.09. The Hall–Kier alpha value is -0.610. The highest BCUT2D eigenvalue weighted by Crippen LogP contribution is 2.16. The zero-order valence-electron chi connectivity index (χ0n) is 12.8. The van der Waals surface area contributed by atoms with Crippen molar-refractivity contribution in [1.82, 2.24) is 4.90 Å². The van der Waals surface area contributed by atoms with Gasteiger partial charge in [-0.05, 0) is 39.7 Å². The van der Waals surface area contributed by atoms with Crippen LogP contribution in [0.25, 0.3) is 0 Å². The molecule has 0 aliphatic heterocycles. The van der Waals surface area contributed by atoms with E-state index in [1.54, 1.807) is 13.8 Å². The Labute approximate surface area is 112 Å². The fourth-order valence-corrected chi connectivity index (χ4v) is 2.21. The largest absolute Gasteiger partial charge is 0.465 e. The van der Waals surface area contributed by atoms with Crippen molar-refractivity contribution >= 4 is 5.97 Å². The van der Waals surface area contributed by atoms with Gasteiger partial charge in [-0.15, -0.1) is 0 Å². The van der Waals surface area contributed by atoms with Gasteiger partial charge in [-0.1, -0.05) is 20.8 Å². The molecule has 0 amide bonds. The van der Waals surface area contributed by atoms with Crippen LogP contribution >= 0.6 is 0 Å². The van der Waals surface area contributed by atoms with Crippen LogP contribution in [0.4, 0.5) is 0 Å². The highest BCUT2D eigenvalue weighted by molar-refractivity contribution is 5.80. The molecular weight excluding hydrogens is 228 g/mol. The maximum atomic E-state index is 11.8. The second kappa shape index (κ2) is 7.74. The van der Waals surface area contributed by atoms with Gasteiger partial charge in [-0.2, -0.15) is 0 Å². The number of esters is 1. The van der Waals surface area contributed by atoms with Crippen molar-refractivity contribution in [3.05, 3.63) is 0 Å². The molecule has 0 aromatic heterocycles. The number of nitrogens with zero attached hydrogens (tertiary/aromatic N) is 1. The molecule has 2 atom stereocenters. The summed E-state index contributed by atoms with van der Waals surface area (Å²) in [6, 6.07) is 0.275. The number of nitrogens with two attached hydrogens (primary N) is 1. The Bertz CT molecular complexity index is 252. The molecule has 18 heavy (non-hydrogen) atoms. The molecule has 0 radical (unpaired) electrons. The van der Waals surface area contributed by atoms with E-state index in [9.17, 15) is 4.79 Å². The van der Waals surface area contributed by atoms with Gasteiger partial charge in [0.15, 0.2) is 0 Å². The van der Waals surface area contributed by atoms with Crippen molar-refractivity contribution in [2.45, 2.75) is 59.5 Å². The number of hydrogen-bond acceptors (Lipinski definition) is 4. The van der Waals surface area contributed by atoms with Crippen LogP contribution in [0.3, 0.4) is 0 Å². The summed E-state index contributed by atoms with van der Waals surface area (Å²) in [7, 11) is 0. The molecule has 0 rings (SSSR count). The van der Waals surface area contributed by atoms with Gasteiger partial charge in [0, 0.05) is 12.6 Å². The lowest BCUT2D eigenvalue weighted by Crippen LogP contribution is -2.51. The minimum Gasteiger partial charge on any atom is -0.465 e. The van der Waals surface area contributed by atoms with E-state index >= 15 is 0 Å². The summed E-state index contributed by atoms with van der Waals surface area (Å²) >= 11 is 0. The number of ether oxygens (including phenoxy) is 1. The Morgan fingerprint density at radius 2 is 1.89 bits per heavy atom. The maximum Gasteiger partial charge on any atom is 0.325 e. The summed E-state index contributed by atoms with van der Waals surface area (Å²) in [5.41, 5.74) is 5.17. The van der Waals surface area contributed by atoms with Gasteiger partial charge in [-0.25, -0.2) is 0 Å². The Morgan fingerprint density at radius 1 is 1.33 bits per heavy atom. The highest BCUT2D eigenvalue weighted by Gasteiger charge is 2.33. The van der Waals surface area contributed by atoms with Gasteiger partial charge in [0.1, 0.15) is 5.54 Å². The van der Waals surface area contributed by atoms with E-state index in [1.165, 1.54) is 0 Å². The summed E-state index contributed by atoms with van der Waals surface area (Å²) in [6.45, 7) is 14.6. The van der Waals surface area contributed by atoms with Gasteiger partial charge in [-0.3, -0.25) is 4.79 Å². The van der Waals surface area contributed by atoms with E-state index in [2.05, 4.69) is 32.6 Å². The zero-order chi connectivity index (χ0) is 14.3. The van der Waals surface area contributed by atoms with Gasteiger partial charge < -0.3 is 15.4 Å². The van der Waals surface area contributed by atoms with Crippen LogP contribution in [-0.2, 0) is 9.53 Å². The summed E-state index contributed by atoms with van der Waals surface area (Å²) in [5, 5.41) is 0. The summed E-state index contributed by atoms with van der Waals surface area (Å²) in [5.74, 6) is 0.302. The molecule has 108 valence electrons. The molecule has 2 N–H and O–H groups in total. The topological polar surface area (TPSA) is 55.6 Å². The minimum atomic E-state index is -0.903. The van der Waals surface area contributed by atoms with Crippen molar-refractivity contribution in [2.24, 2.45) is 11.7 Å². The van der Waals surface area contributed by atoms with Crippen molar-refractivity contribution in [2.75, 3.05) is 19.7 Å². The second-order valence-corrected chi connectivity index (χ2v) is 5.67. The average molecular weight is 258 g/mol. The molecule has 0 aliphatic rings. The molecule has 0 aromatic carbocycles. The lowest BCUT2D eigenvalue weighted by atomic mass is 9.93. The Morgan fingerprint density at radius 3 is 2.28 bits per heavy atom. The van der Waals surface area contributed by atoms with Crippen LogP contribution in [0.5, 0.6) is 0 Å². The second-order valence-electron chi connectivity index (χ2n) is 5.67. The van der Waals surface area contributed by atoms with E-state index in [0.29, 0.717) is 18.9 Å². The number of rotatable bonds is 8. The van der Waals surface area contributed by atoms with Crippen molar-refractivity contribution in [1.29, 1.82) is 0 Å². The standard InChI is InChI=1S/C14H30N2O2/c1-7-16(10-11(3)4)12(5)9-14(6,15)13(17)18-8-2/h11-12H,7-10,15H2,1-6H3. The molecule has 0 spiro atoms. The average Bonchev–Trinajstić information content (AvgIpc) is 2.25. The van der Waals surface area contributed by atoms with Gasteiger partial charge >= 0.3 is 5.97 Å². The molecule has 4 heteroatoms. The summed E-state index contributed by atoms with van der Waals surface area (Å²) in [6.07, 6.45) is 0.617. The first kappa shape index (κ1) is 17.4. The molecule has 0 aliphatic carbocycles. The van der Waals surface area contributed by atoms with Crippen molar-refractivity contribution < 1.29 is 9.53 Å². The van der Waals surface area contributed by atoms with E-state index < -0.39 is 5.54 Å². The lowest BCUT2D eigenvalue weighted by molar-refractivity contribution is -0.149. The van der Waals surface area contributed by atoms with Gasteiger partial charge in [0.2, 0.25) is 0 Å². The smallest absolute Gasteiger partial charge is 0.325 e. The molecule has 2 unspecified atom stereocenters. The van der Waals surface area contributed by atoms with Crippen LogP contribution in [-0.4, -0.2) is 42.1 Å². The molecule has 0 bridgehead atoms. The molecule has 0 saturated carbocycles. The molecule has 0 fully saturated rings. The first-order valence-corrected chi connectivity index (χ1v) is 6.94. The van der Waals surface area contributed by atoms with Crippen molar-refractivity contribution in [3.8, 4) is 0 Å². The lowest BCUT2D eigenvalue weighted by Gasteiger charge is -2.34. The molecule has 0 saturated heterocycles. The summed E-state index contributed by atoms with van der Waals surface area (Å²) < 4.78 is 5.02. The fourth-order valence-electron chi connectivity index (χ4n) is 2.21. The van der Waals surface area contributed by atoms with Crippen LogP contribution < -0.4 is 5.73 Å². The van der Waals surface area contributed by atoms with Crippen LogP contribution in [0.1, 0.15) is 48.0 Å². The van der Waals surface area contributed by atoms with Crippen molar-refractivity contribution in [3.63, 3.8) is 0 Å². The first-order valence-electron chi connectivity index (χ1n) is 6.94. The third-order valence-electron chi connectivity index (χ3n) is 3.09. The Balaban J connectivity index is 4.50. The normalized spacial score (nSPS) is 16.7. The molecule has 0 heterocycles. The minimum absolute atomic E-state index is 0.275. The van der Waals surface area contributed by atoms with Gasteiger partial charge in [0.25, 0.3) is 0 Å². The van der Waals surface area contributed by atoms with E-state index in [-0.39, 0.29) is 12.0 Å². The van der Waals surface area contributed by atoms with Crippen LogP contribution in [0.2, 0.25) is 0 Å². The molecule has 4 nitrogen and oxygen atoms in total. The number of hydrogen-bond donors (Lipinski definition) is 1. The molecule has 0 aromatic rings. The van der Waals surface area contributed by atoms with E-state index in [0.717, 1.165) is 13.1 Å². The zero-order valence-corrected chi connectivity index (χ0v) is 12.8. The van der Waals surface area contributed by atoms with E-state index in [1.807, 2.05) is 0 Å². The van der Waals surface area contributed by atoms with Gasteiger partial charge in [0.05, 0.1) is 6.61 Å². The van der Waals surface area contributed by atoms with Crippen LogP contribution in [0, 0.1) is 5.92 Å². The quantitative estimate of drug-likeness (QED) is 0.677. The molecular formula is C14H30N2O2. The predicted octanol–water partition coefficient (Wildman–Crippen LogP) is 2.02. The Kier molecular flexibility index (Phi) is 7.48. The monoisotopic (exact) mass is 258 g/mol. The SMILES string of the molecule is CCOC(=O)C(C)(N)CC(C)N(CC)CC(C)C. The number of carbonyl (C=O) groups is 1.